The van der Waals surface area contributed by atoms with Gasteiger partial charge in [-0.3, -0.25) is 19.0 Å². The van der Waals surface area contributed by atoms with Crippen LogP contribution < -0.4 is 0 Å². The van der Waals surface area contributed by atoms with Crippen molar-refractivity contribution in [2.45, 2.75) is 0 Å². The molecule has 0 spiro atoms. The highest BCUT2D eigenvalue weighted by molar-refractivity contribution is 7.85. The smallest absolute Gasteiger partial charge is 0.267 e. The van der Waals surface area contributed by atoms with E-state index in [0.29, 0.717) is 16.5 Å². The molecule has 0 aromatic heterocycles. The van der Waals surface area contributed by atoms with Crippen molar-refractivity contribution in [3.8, 4) is 0 Å². The number of hydrogen-bond donors (Lipinski definition) is 1. The van der Waals surface area contributed by atoms with E-state index in [9.17, 15) is 18.0 Å². The average Bonchev–Trinajstić information content (AvgIpc) is 2.63. The second-order valence-electron chi connectivity index (χ2n) is 5.98. The normalized spacial score (nSPS) is 14.2. The van der Waals surface area contributed by atoms with Crippen LogP contribution in [0.25, 0.3) is 10.8 Å². The van der Waals surface area contributed by atoms with Crippen molar-refractivity contribution in [2.24, 2.45) is 0 Å². The van der Waals surface area contributed by atoms with Gasteiger partial charge in [-0.05, 0) is 17.5 Å². The number of carbonyl (C=O) groups excluding carboxylic acids is 2. The Morgan fingerprint density at radius 1 is 0.852 bits per heavy atom. The maximum absolute atomic E-state index is 12.7. The highest BCUT2D eigenvalue weighted by Crippen LogP contribution is 2.29. The fraction of sp³-hybridized carbons (Fsp3) is 0.333. The van der Waals surface area contributed by atoms with Crippen LogP contribution in [-0.4, -0.2) is 68.4 Å². The van der Waals surface area contributed by atoms with Crippen LogP contribution in [0.15, 0.2) is 36.4 Å². The van der Waals surface area contributed by atoms with E-state index in [1.54, 1.807) is 24.3 Å². The maximum atomic E-state index is 12.7. The van der Waals surface area contributed by atoms with Crippen molar-refractivity contribution in [3.63, 3.8) is 0 Å². The van der Waals surface area contributed by atoms with E-state index in [1.807, 2.05) is 12.1 Å². The first-order chi connectivity index (χ1) is 12.9. The molecular weight excluding hydrogens is 374 g/mol. The zero-order chi connectivity index (χ0) is 19.4. The third-order valence-electron chi connectivity index (χ3n) is 4.17. The first-order valence-corrected chi connectivity index (χ1v) is 9.98. The Morgan fingerprint density at radius 2 is 1.41 bits per heavy atom. The quantitative estimate of drug-likeness (QED) is 0.389. The zero-order valence-corrected chi connectivity index (χ0v) is 15.3. The molecule has 0 bridgehead atoms. The van der Waals surface area contributed by atoms with E-state index >= 15 is 0 Å². The predicted molar refractivity (Wildman–Crippen MR) is 97.4 cm³/mol. The number of carbonyl (C=O) groups is 2. The minimum atomic E-state index is -4.04. The summed E-state index contributed by atoms with van der Waals surface area (Å²) < 4.78 is 40.0. The third-order valence-corrected chi connectivity index (χ3v) is 4.86. The predicted octanol–water partition coefficient (Wildman–Crippen LogP) is 1.36. The summed E-state index contributed by atoms with van der Waals surface area (Å²) in [6, 6.07) is 10.7. The molecule has 0 saturated carbocycles. The number of imide groups is 1. The molecule has 0 aliphatic carbocycles. The fourth-order valence-electron chi connectivity index (χ4n) is 2.93. The second-order valence-corrected chi connectivity index (χ2v) is 7.55. The number of amides is 2. The zero-order valence-electron chi connectivity index (χ0n) is 14.5. The summed E-state index contributed by atoms with van der Waals surface area (Å²) in [6.07, 6.45) is 0. The van der Waals surface area contributed by atoms with Crippen molar-refractivity contribution in [3.05, 3.63) is 47.5 Å². The van der Waals surface area contributed by atoms with Crippen LogP contribution in [-0.2, 0) is 19.6 Å². The van der Waals surface area contributed by atoms with Crippen LogP contribution in [0.2, 0.25) is 0 Å². The monoisotopic (exact) mass is 393 g/mol. The molecule has 1 aliphatic rings. The van der Waals surface area contributed by atoms with Crippen LogP contribution in [0.1, 0.15) is 20.7 Å². The van der Waals surface area contributed by atoms with E-state index in [0.717, 1.165) is 10.3 Å². The van der Waals surface area contributed by atoms with Gasteiger partial charge in [-0.2, -0.15) is 8.42 Å². The molecule has 2 aromatic carbocycles. The molecule has 0 fully saturated rings. The van der Waals surface area contributed by atoms with Crippen LogP contribution in [0, 0.1) is 0 Å². The second kappa shape index (κ2) is 8.13. The summed E-state index contributed by atoms with van der Waals surface area (Å²) in [4.78, 5) is 26.5. The maximum Gasteiger partial charge on any atom is 0.267 e. The summed E-state index contributed by atoms with van der Waals surface area (Å²) in [6.45, 7) is 0.421. The molecule has 1 N–H and O–H groups in total. The molecule has 0 saturated heterocycles. The van der Waals surface area contributed by atoms with Crippen molar-refractivity contribution >= 4 is 32.7 Å². The van der Waals surface area contributed by atoms with Crippen molar-refractivity contribution in [2.75, 3.05) is 38.7 Å². The lowest BCUT2D eigenvalue weighted by molar-refractivity contribution is 0.0366. The highest BCUT2D eigenvalue weighted by Gasteiger charge is 2.32. The lowest BCUT2D eigenvalue weighted by atomic mass is 9.94. The van der Waals surface area contributed by atoms with Crippen LogP contribution >= 0.6 is 0 Å². The van der Waals surface area contributed by atoms with Crippen molar-refractivity contribution in [1.82, 2.24) is 4.90 Å². The van der Waals surface area contributed by atoms with Crippen molar-refractivity contribution < 1.29 is 32.0 Å². The van der Waals surface area contributed by atoms with Crippen LogP contribution in [0.5, 0.6) is 0 Å². The molecule has 2 aromatic rings. The minimum Gasteiger partial charge on any atom is -0.378 e. The molecule has 2 amide bonds. The van der Waals surface area contributed by atoms with E-state index in [1.165, 1.54) is 0 Å². The Hall–Kier alpha value is -2.33. The molecule has 9 heteroatoms. The van der Waals surface area contributed by atoms with E-state index < -0.39 is 15.9 Å². The molecule has 0 unspecified atom stereocenters. The van der Waals surface area contributed by atoms with Gasteiger partial charge in [0.25, 0.3) is 21.9 Å². The number of rotatable bonds is 9. The van der Waals surface area contributed by atoms with Crippen molar-refractivity contribution in [1.29, 1.82) is 0 Å². The summed E-state index contributed by atoms with van der Waals surface area (Å²) in [5, 5.41) is 1.53. The first kappa shape index (κ1) is 19.4. The summed E-state index contributed by atoms with van der Waals surface area (Å²) in [5.74, 6) is -1.18. The van der Waals surface area contributed by atoms with Gasteiger partial charge in [-0.15, -0.1) is 0 Å². The Kier molecular flexibility index (Phi) is 5.85. The number of hydrogen-bond acceptors (Lipinski definition) is 6. The van der Waals surface area contributed by atoms with E-state index in [2.05, 4.69) is 0 Å². The Labute approximate surface area is 156 Å². The molecule has 8 nitrogen and oxygen atoms in total. The third kappa shape index (κ3) is 4.51. The number of benzene rings is 2. The Balaban J connectivity index is 1.52. The SMILES string of the molecule is O=C1c2cccc3cccc(c23)C(=O)N1CCOCCOCCS(=O)(=O)O. The molecule has 0 atom stereocenters. The Morgan fingerprint density at radius 3 is 1.96 bits per heavy atom. The average molecular weight is 393 g/mol. The van der Waals surface area contributed by atoms with E-state index in [4.69, 9.17) is 14.0 Å². The molecule has 3 rings (SSSR count). The van der Waals surface area contributed by atoms with Gasteiger partial charge in [0.1, 0.15) is 0 Å². The molecule has 1 aliphatic heterocycles. The van der Waals surface area contributed by atoms with Gasteiger partial charge in [-0.1, -0.05) is 24.3 Å². The molecule has 1 heterocycles. The molecule has 0 radical (unpaired) electrons. The van der Waals surface area contributed by atoms with Gasteiger partial charge in [0.05, 0.1) is 38.7 Å². The molecule has 144 valence electrons. The summed E-state index contributed by atoms with van der Waals surface area (Å²) in [7, 11) is -4.04. The number of nitrogens with zero attached hydrogens (tertiary/aromatic N) is 1. The topological polar surface area (TPSA) is 110 Å². The van der Waals surface area contributed by atoms with Gasteiger partial charge in [0.15, 0.2) is 0 Å². The largest absolute Gasteiger partial charge is 0.378 e. The standard InChI is InChI=1S/C18H19NO7S/c20-17-14-5-1-3-13-4-2-6-15(16(13)14)18(21)19(17)7-8-25-9-10-26-11-12-27(22,23)24/h1-6H,7-12H2,(H,22,23,24). The fourth-order valence-corrected chi connectivity index (χ4v) is 3.25. The van der Waals surface area contributed by atoms with Gasteiger partial charge >= 0.3 is 0 Å². The highest BCUT2D eigenvalue weighted by atomic mass is 32.2. The summed E-state index contributed by atoms with van der Waals surface area (Å²) >= 11 is 0. The molecular formula is C18H19NO7S. The van der Waals surface area contributed by atoms with Gasteiger partial charge in [0, 0.05) is 16.5 Å². The Bertz CT molecular complexity index is 920. The lowest BCUT2D eigenvalue weighted by Gasteiger charge is -2.27. The van der Waals surface area contributed by atoms with Gasteiger partial charge < -0.3 is 9.47 Å². The lowest BCUT2D eigenvalue weighted by Crippen LogP contribution is -2.42. The van der Waals surface area contributed by atoms with Gasteiger partial charge in [-0.25, -0.2) is 0 Å². The van der Waals surface area contributed by atoms with Crippen LogP contribution in [0.4, 0.5) is 0 Å². The number of ether oxygens (including phenoxy) is 2. The molecule has 27 heavy (non-hydrogen) atoms. The van der Waals surface area contributed by atoms with E-state index in [-0.39, 0.29) is 44.8 Å². The summed E-state index contributed by atoms with van der Waals surface area (Å²) in [5.41, 5.74) is 0.993. The first-order valence-electron chi connectivity index (χ1n) is 8.37. The minimum absolute atomic E-state index is 0.105. The van der Waals surface area contributed by atoms with Gasteiger partial charge in [0.2, 0.25) is 0 Å². The van der Waals surface area contributed by atoms with Crippen LogP contribution in [0.3, 0.4) is 0 Å².